The van der Waals surface area contributed by atoms with Crippen molar-refractivity contribution < 1.29 is 33.8 Å². The van der Waals surface area contributed by atoms with E-state index in [4.69, 9.17) is 18.5 Å². The van der Waals surface area contributed by atoms with Gasteiger partial charge in [0.25, 0.3) is 0 Å². The van der Waals surface area contributed by atoms with E-state index in [1.54, 1.807) is 24.3 Å². The number of allylic oxidation sites excluding steroid dienone is 5. The number of hydrogen-bond acceptors (Lipinski definition) is 7. The van der Waals surface area contributed by atoms with E-state index < -0.39 is 39.1 Å². The Balaban J connectivity index is 0.00000379. The van der Waals surface area contributed by atoms with E-state index in [2.05, 4.69) is 13.2 Å². The highest BCUT2D eigenvalue weighted by molar-refractivity contribution is 7.47. The fourth-order valence-electron chi connectivity index (χ4n) is 2.46. The maximum Gasteiger partial charge on any atom is 0.229 e. The van der Waals surface area contributed by atoms with Crippen LogP contribution in [0.4, 0.5) is 0 Å². The molecule has 1 fully saturated rings. The van der Waals surface area contributed by atoms with Crippen molar-refractivity contribution in [3.63, 3.8) is 0 Å². The maximum atomic E-state index is 10.2. The number of rotatable bonds is 12. The first-order valence-electron chi connectivity index (χ1n) is 9.99. The summed E-state index contributed by atoms with van der Waals surface area (Å²) >= 11 is 0. The van der Waals surface area contributed by atoms with Crippen molar-refractivity contribution in [2.75, 3.05) is 19.4 Å². The molecule has 1 aliphatic heterocycles. The van der Waals surface area contributed by atoms with E-state index in [0.717, 1.165) is 0 Å². The highest BCUT2D eigenvalue weighted by Crippen LogP contribution is 2.40. The summed E-state index contributed by atoms with van der Waals surface area (Å²) in [5, 5.41) is 30.6. The van der Waals surface area contributed by atoms with Crippen molar-refractivity contribution in [3.8, 4) is 0 Å². The number of aliphatic hydroxyl groups excluding tert-OH is 3. The minimum Gasteiger partial charge on any atom is -0.462 e. The summed E-state index contributed by atoms with van der Waals surface area (Å²) in [7, 11) is -1.10. The van der Waals surface area contributed by atoms with Gasteiger partial charge in [0.15, 0.2) is 8.38 Å². The van der Waals surface area contributed by atoms with Crippen LogP contribution in [-0.2, 0) is 18.5 Å². The molecule has 29 heavy (non-hydrogen) atoms. The summed E-state index contributed by atoms with van der Waals surface area (Å²) in [5.41, 5.74) is 0. The van der Waals surface area contributed by atoms with Crippen LogP contribution in [0.1, 0.15) is 34.1 Å². The number of aliphatic hydroxyl groups is 3. The molecule has 168 valence electrons. The van der Waals surface area contributed by atoms with Crippen LogP contribution in [-0.4, -0.2) is 65.4 Å². The third kappa shape index (κ3) is 10.0. The smallest absolute Gasteiger partial charge is 0.229 e. The zero-order valence-corrected chi connectivity index (χ0v) is 18.8. The quantitative estimate of drug-likeness (QED) is 0.247. The Labute approximate surface area is 176 Å². The monoisotopic (exact) mass is 432 g/mol. The first-order chi connectivity index (χ1) is 14.0. The Bertz CT molecular complexity index is 503. The van der Waals surface area contributed by atoms with Crippen molar-refractivity contribution >= 4 is 8.38 Å². The van der Waals surface area contributed by atoms with Crippen LogP contribution in [0.15, 0.2) is 49.3 Å². The molecule has 5 atom stereocenters. The summed E-state index contributed by atoms with van der Waals surface area (Å²) in [6, 6.07) is 0. The lowest BCUT2D eigenvalue weighted by molar-refractivity contribution is -0.285. The number of hydrogen-bond donors (Lipinski definition) is 3. The Hall–Kier alpha value is -1.05. The first kappa shape index (κ1) is 27.9. The highest BCUT2D eigenvalue weighted by Gasteiger charge is 2.45. The van der Waals surface area contributed by atoms with Crippen LogP contribution in [0.2, 0.25) is 0 Å². The van der Waals surface area contributed by atoms with Crippen LogP contribution in [0.3, 0.4) is 0 Å². The molecule has 0 spiro atoms. The minimum absolute atomic E-state index is 0.352. The lowest BCUT2D eigenvalue weighted by atomic mass is 9.97. The standard InChI is InChI=1S/C19H31O7P.C2H6/c1-5-9-10-11-14(6-2)25-19-18(22)17(21)16(20)15(26-19)12-13-27(23-7-3)24-8-4;1-2/h5-6,9-11,15-22H,1-2,7-8,12-13H2,3-4H3;1-2H3/b10-9-,14-11+;/t15?,16-,17?,18?,19+;/m1./s1. The van der Waals surface area contributed by atoms with Gasteiger partial charge in [-0.05, 0) is 32.4 Å². The van der Waals surface area contributed by atoms with Gasteiger partial charge >= 0.3 is 0 Å². The molecule has 8 heteroatoms. The Morgan fingerprint density at radius 2 is 1.62 bits per heavy atom. The van der Waals surface area contributed by atoms with Gasteiger partial charge in [-0.25, -0.2) is 0 Å². The van der Waals surface area contributed by atoms with Gasteiger partial charge in [0.2, 0.25) is 6.29 Å². The lowest BCUT2D eigenvalue weighted by Crippen LogP contribution is -2.58. The van der Waals surface area contributed by atoms with Crippen LogP contribution in [0, 0.1) is 0 Å². The SMILES string of the molecule is C=C/C=C\C=C(/C=C)O[C@H]1OC(CCP(OCC)OCC)[C@@H](O)C(O)C1O.CC. The summed E-state index contributed by atoms with van der Waals surface area (Å²) in [5.74, 6) is 0.352. The molecule has 0 amide bonds. The van der Waals surface area contributed by atoms with Crippen LogP contribution >= 0.6 is 8.38 Å². The third-order valence-electron chi connectivity index (χ3n) is 3.77. The van der Waals surface area contributed by atoms with E-state index in [9.17, 15) is 15.3 Å². The fourth-order valence-corrected chi connectivity index (χ4v) is 3.83. The van der Waals surface area contributed by atoms with Crippen molar-refractivity contribution in [3.05, 3.63) is 49.3 Å². The van der Waals surface area contributed by atoms with E-state index >= 15 is 0 Å². The molecule has 3 unspecified atom stereocenters. The lowest BCUT2D eigenvalue weighted by Gasteiger charge is -2.40. The molecule has 0 radical (unpaired) electrons. The molecule has 0 saturated carbocycles. The third-order valence-corrected chi connectivity index (χ3v) is 5.49. The normalized spacial score (nSPS) is 27.4. The molecule has 1 saturated heterocycles. The topological polar surface area (TPSA) is 97.6 Å². The van der Waals surface area contributed by atoms with Gasteiger partial charge < -0.3 is 33.8 Å². The van der Waals surface area contributed by atoms with Gasteiger partial charge in [0, 0.05) is 6.16 Å². The van der Waals surface area contributed by atoms with E-state index in [1.807, 2.05) is 27.7 Å². The molecular weight excluding hydrogens is 395 g/mol. The van der Waals surface area contributed by atoms with Gasteiger partial charge in [-0.3, -0.25) is 0 Å². The van der Waals surface area contributed by atoms with Crippen molar-refractivity contribution in [1.29, 1.82) is 0 Å². The van der Waals surface area contributed by atoms with E-state index in [0.29, 0.717) is 31.6 Å². The van der Waals surface area contributed by atoms with Gasteiger partial charge in [-0.15, -0.1) is 0 Å². The van der Waals surface area contributed by atoms with Crippen LogP contribution in [0.25, 0.3) is 0 Å². The Morgan fingerprint density at radius 1 is 1.00 bits per heavy atom. The predicted molar refractivity (Wildman–Crippen MR) is 116 cm³/mol. The average Bonchev–Trinajstić information content (AvgIpc) is 2.74. The second kappa shape index (κ2) is 16.7. The Kier molecular flexibility index (Phi) is 16.1. The molecule has 0 aromatic heterocycles. The fraction of sp³-hybridized carbons (Fsp3) is 0.619. The zero-order valence-electron chi connectivity index (χ0n) is 17.9. The molecule has 0 aromatic rings. The second-order valence-corrected chi connectivity index (χ2v) is 7.34. The van der Waals surface area contributed by atoms with Crippen LogP contribution in [0.5, 0.6) is 0 Å². The first-order valence-corrected chi connectivity index (χ1v) is 11.4. The van der Waals surface area contributed by atoms with Gasteiger partial charge in [-0.2, -0.15) is 0 Å². The molecular formula is C21H37O7P. The highest BCUT2D eigenvalue weighted by atomic mass is 31.2. The van der Waals surface area contributed by atoms with Gasteiger partial charge in [-0.1, -0.05) is 45.2 Å². The molecule has 1 aliphatic rings. The summed E-state index contributed by atoms with van der Waals surface area (Å²) < 4.78 is 22.4. The molecule has 1 heterocycles. The molecule has 7 nitrogen and oxygen atoms in total. The van der Waals surface area contributed by atoms with Crippen molar-refractivity contribution in [2.24, 2.45) is 0 Å². The summed E-state index contributed by atoms with van der Waals surface area (Å²) in [4.78, 5) is 0. The van der Waals surface area contributed by atoms with Crippen LogP contribution < -0.4 is 0 Å². The zero-order chi connectivity index (χ0) is 22.2. The predicted octanol–water partition coefficient (Wildman–Crippen LogP) is 3.42. The van der Waals surface area contributed by atoms with Gasteiger partial charge in [0.05, 0.1) is 19.3 Å². The molecule has 0 aromatic carbocycles. The average molecular weight is 432 g/mol. The summed E-state index contributed by atoms with van der Waals surface area (Å²) in [6.07, 6.45) is 3.10. The summed E-state index contributed by atoms with van der Waals surface area (Å²) in [6.45, 7) is 16.0. The van der Waals surface area contributed by atoms with Crippen molar-refractivity contribution in [1.82, 2.24) is 0 Å². The van der Waals surface area contributed by atoms with Crippen molar-refractivity contribution in [2.45, 2.75) is 64.8 Å². The second-order valence-electron chi connectivity index (χ2n) is 5.71. The molecule has 0 bridgehead atoms. The minimum atomic E-state index is -1.40. The number of ether oxygens (including phenoxy) is 2. The maximum absolute atomic E-state index is 10.2. The molecule has 0 aliphatic carbocycles. The van der Waals surface area contributed by atoms with E-state index in [1.165, 1.54) is 6.08 Å². The Morgan fingerprint density at radius 3 is 2.14 bits per heavy atom. The largest absolute Gasteiger partial charge is 0.462 e. The molecule has 3 N–H and O–H groups in total. The van der Waals surface area contributed by atoms with E-state index in [-0.39, 0.29) is 0 Å². The van der Waals surface area contributed by atoms with Gasteiger partial charge in [0.1, 0.15) is 24.1 Å². The molecule has 1 rings (SSSR count).